The van der Waals surface area contributed by atoms with Crippen molar-refractivity contribution in [2.75, 3.05) is 13.2 Å². The van der Waals surface area contributed by atoms with E-state index in [2.05, 4.69) is 5.32 Å². The zero-order valence-electron chi connectivity index (χ0n) is 18.1. The highest BCUT2D eigenvalue weighted by atomic mass is 32.2. The number of hydrogen-bond acceptors (Lipinski definition) is 7. The van der Waals surface area contributed by atoms with Crippen LogP contribution in [0.2, 0.25) is 0 Å². The molecule has 2 aromatic rings. The van der Waals surface area contributed by atoms with Crippen molar-refractivity contribution >= 4 is 33.8 Å². The molecule has 2 aliphatic rings. The van der Waals surface area contributed by atoms with Crippen LogP contribution in [-0.2, 0) is 16.0 Å². The molecule has 0 radical (unpaired) electrons. The van der Waals surface area contributed by atoms with Crippen molar-refractivity contribution in [3.8, 4) is 11.5 Å². The second-order valence-corrected chi connectivity index (χ2v) is 8.76. The van der Waals surface area contributed by atoms with Crippen LogP contribution in [0.1, 0.15) is 35.7 Å². The predicted molar refractivity (Wildman–Crippen MR) is 122 cm³/mol. The lowest BCUT2D eigenvalue weighted by Crippen LogP contribution is -2.52. The largest absolute Gasteiger partial charge is 0.492 e. The lowest BCUT2D eigenvalue weighted by molar-refractivity contribution is -0.133. The van der Waals surface area contributed by atoms with Crippen LogP contribution in [0.3, 0.4) is 0 Å². The van der Waals surface area contributed by atoms with Crippen molar-refractivity contribution in [1.82, 2.24) is 10.2 Å². The highest BCUT2D eigenvalue weighted by molar-refractivity contribution is 8.26. The maximum atomic E-state index is 13.0. The number of rotatable bonds is 9. The van der Waals surface area contributed by atoms with Gasteiger partial charge in [-0.25, -0.2) is 0 Å². The maximum Gasteiger partial charge on any atom is 0.287 e. The van der Waals surface area contributed by atoms with Crippen LogP contribution >= 0.6 is 11.8 Å². The van der Waals surface area contributed by atoms with Gasteiger partial charge in [0.2, 0.25) is 11.3 Å². The number of nitrogens with zero attached hydrogens (tertiary/aromatic N) is 1. The second kappa shape index (κ2) is 10.1. The van der Waals surface area contributed by atoms with Crippen LogP contribution in [0.5, 0.6) is 11.5 Å². The third-order valence-corrected chi connectivity index (χ3v) is 6.19. The van der Waals surface area contributed by atoms with Gasteiger partial charge in [0.1, 0.15) is 24.1 Å². The van der Waals surface area contributed by atoms with E-state index < -0.39 is 12.3 Å². The number of para-hydroxylation sites is 1. The summed E-state index contributed by atoms with van der Waals surface area (Å²) in [5.74, 6) is 0.611. The third-order valence-electron chi connectivity index (χ3n) is 5.41. The van der Waals surface area contributed by atoms with Crippen molar-refractivity contribution in [2.45, 2.75) is 38.5 Å². The van der Waals surface area contributed by atoms with E-state index in [1.54, 1.807) is 36.4 Å². The first-order valence-corrected chi connectivity index (χ1v) is 11.6. The van der Waals surface area contributed by atoms with Crippen LogP contribution < -0.4 is 14.8 Å². The SMILES string of the molecule is CCCC(=O)C1Oc2ccccc2C(=O)N1CCOc1ccc(CC2NC(=O)SC2=O)cc1. The molecule has 0 aliphatic carbocycles. The zero-order valence-corrected chi connectivity index (χ0v) is 18.9. The lowest BCUT2D eigenvalue weighted by Gasteiger charge is -2.35. The van der Waals surface area contributed by atoms with Crippen molar-refractivity contribution in [3.05, 3.63) is 59.7 Å². The molecular weight excluding hydrogens is 444 g/mol. The molecule has 1 saturated heterocycles. The molecule has 172 valence electrons. The first-order chi connectivity index (χ1) is 16.0. The van der Waals surface area contributed by atoms with Crippen molar-refractivity contribution in [3.63, 3.8) is 0 Å². The van der Waals surface area contributed by atoms with Gasteiger partial charge in [-0.3, -0.25) is 24.1 Å². The number of benzene rings is 2. The molecule has 2 aromatic carbocycles. The molecule has 9 heteroatoms. The summed E-state index contributed by atoms with van der Waals surface area (Å²) in [6, 6.07) is 13.6. The molecular formula is C24H24N2O6S. The number of amides is 2. The minimum absolute atomic E-state index is 0.142. The fourth-order valence-corrected chi connectivity index (χ4v) is 4.43. The van der Waals surface area contributed by atoms with E-state index in [0.717, 1.165) is 5.56 Å². The smallest absolute Gasteiger partial charge is 0.287 e. The van der Waals surface area contributed by atoms with Gasteiger partial charge in [0.25, 0.3) is 11.1 Å². The molecule has 2 heterocycles. The van der Waals surface area contributed by atoms with E-state index in [1.165, 1.54) is 4.90 Å². The first kappa shape index (κ1) is 22.8. The number of nitrogens with one attached hydrogen (secondary N) is 1. The number of ketones is 1. The highest BCUT2D eigenvalue weighted by Gasteiger charge is 2.37. The fraction of sp³-hybridized carbons (Fsp3) is 0.333. The van der Waals surface area contributed by atoms with Gasteiger partial charge in [0.15, 0.2) is 5.78 Å². The summed E-state index contributed by atoms with van der Waals surface area (Å²) in [7, 11) is 0. The quantitative estimate of drug-likeness (QED) is 0.603. The van der Waals surface area contributed by atoms with Crippen LogP contribution in [0, 0.1) is 0 Å². The minimum Gasteiger partial charge on any atom is -0.492 e. The maximum absolute atomic E-state index is 13.0. The monoisotopic (exact) mass is 468 g/mol. The Morgan fingerprint density at radius 3 is 2.58 bits per heavy atom. The number of fused-ring (bicyclic) bond motifs is 1. The first-order valence-electron chi connectivity index (χ1n) is 10.8. The van der Waals surface area contributed by atoms with Gasteiger partial charge in [-0.15, -0.1) is 0 Å². The van der Waals surface area contributed by atoms with Crippen LogP contribution in [0.25, 0.3) is 0 Å². The second-order valence-electron chi connectivity index (χ2n) is 7.78. The molecule has 0 aromatic heterocycles. The number of ether oxygens (including phenoxy) is 2. The fourth-order valence-electron chi connectivity index (χ4n) is 3.77. The Kier molecular flexibility index (Phi) is 6.98. The number of hydrogen-bond donors (Lipinski definition) is 1. The van der Waals surface area contributed by atoms with Crippen molar-refractivity contribution in [1.29, 1.82) is 0 Å². The predicted octanol–water partition coefficient (Wildman–Crippen LogP) is 3.19. The Bertz CT molecular complexity index is 1070. The van der Waals surface area contributed by atoms with Crippen molar-refractivity contribution < 1.29 is 28.7 Å². The number of Topliss-reactive ketones (excluding diaryl/α,β-unsaturated/α-hetero) is 1. The molecule has 1 fully saturated rings. The Balaban J connectivity index is 1.37. The average molecular weight is 469 g/mol. The molecule has 33 heavy (non-hydrogen) atoms. The molecule has 2 unspecified atom stereocenters. The van der Waals surface area contributed by atoms with Crippen molar-refractivity contribution in [2.24, 2.45) is 0 Å². The van der Waals surface area contributed by atoms with E-state index in [9.17, 15) is 19.2 Å². The average Bonchev–Trinajstić information content (AvgIpc) is 3.12. The van der Waals surface area contributed by atoms with Gasteiger partial charge in [-0.05, 0) is 36.2 Å². The number of carbonyl (C=O) groups excluding carboxylic acids is 4. The van der Waals surface area contributed by atoms with Gasteiger partial charge >= 0.3 is 0 Å². The summed E-state index contributed by atoms with van der Waals surface area (Å²) in [6.07, 6.45) is 0.440. The summed E-state index contributed by atoms with van der Waals surface area (Å²) in [6.45, 7) is 2.28. The summed E-state index contributed by atoms with van der Waals surface area (Å²) < 4.78 is 11.7. The topological polar surface area (TPSA) is 102 Å². The summed E-state index contributed by atoms with van der Waals surface area (Å²) >= 11 is 0.697. The summed E-state index contributed by atoms with van der Waals surface area (Å²) in [4.78, 5) is 50.1. The Labute approximate surface area is 195 Å². The van der Waals surface area contributed by atoms with E-state index in [1.807, 2.05) is 19.1 Å². The molecule has 2 aliphatic heterocycles. The highest BCUT2D eigenvalue weighted by Crippen LogP contribution is 2.28. The standard InChI is InChI=1S/C24H24N2O6S/c1-2-5-19(27)22-26(21(28)17-6-3-4-7-20(17)32-22)12-13-31-16-10-8-15(9-11-16)14-18-23(29)33-24(30)25-18/h3-4,6-11,18,22H,2,5,12-14H2,1H3,(H,25,30). The molecule has 4 rings (SSSR count). The van der Waals surface area contributed by atoms with Gasteiger partial charge in [-0.1, -0.05) is 31.2 Å². The normalized spacial score (nSPS) is 19.7. The van der Waals surface area contributed by atoms with E-state index in [-0.39, 0.29) is 35.2 Å². The van der Waals surface area contributed by atoms with E-state index in [4.69, 9.17) is 9.47 Å². The molecule has 2 amide bonds. The van der Waals surface area contributed by atoms with Gasteiger partial charge < -0.3 is 14.8 Å². The van der Waals surface area contributed by atoms with Crippen LogP contribution in [0.4, 0.5) is 4.79 Å². The summed E-state index contributed by atoms with van der Waals surface area (Å²) in [5, 5.41) is 2.14. The van der Waals surface area contributed by atoms with Crippen LogP contribution in [-0.4, -0.2) is 52.4 Å². The van der Waals surface area contributed by atoms with Gasteiger partial charge in [0, 0.05) is 24.6 Å². The molecule has 0 spiro atoms. The van der Waals surface area contributed by atoms with E-state index >= 15 is 0 Å². The Hall–Kier alpha value is -3.33. The molecule has 0 saturated carbocycles. The number of carbonyl (C=O) groups is 4. The number of thioether (sulfide) groups is 1. The third kappa shape index (κ3) is 5.19. The Morgan fingerprint density at radius 2 is 1.88 bits per heavy atom. The van der Waals surface area contributed by atoms with Gasteiger partial charge in [0.05, 0.1) is 12.1 Å². The van der Waals surface area contributed by atoms with Gasteiger partial charge in [-0.2, -0.15) is 0 Å². The molecule has 2 atom stereocenters. The summed E-state index contributed by atoms with van der Waals surface area (Å²) in [5.41, 5.74) is 1.32. The lowest BCUT2D eigenvalue weighted by atomic mass is 10.1. The zero-order chi connectivity index (χ0) is 23.4. The van der Waals surface area contributed by atoms with Crippen LogP contribution in [0.15, 0.2) is 48.5 Å². The molecule has 0 bridgehead atoms. The Morgan fingerprint density at radius 1 is 1.12 bits per heavy atom. The molecule has 8 nitrogen and oxygen atoms in total. The van der Waals surface area contributed by atoms with E-state index in [0.29, 0.717) is 48.1 Å². The molecule has 1 N–H and O–H groups in total. The minimum atomic E-state index is -0.963.